The summed E-state index contributed by atoms with van der Waals surface area (Å²) >= 11 is 0. The quantitative estimate of drug-likeness (QED) is 0.717. The van der Waals surface area contributed by atoms with E-state index in [0.717, 1.165) is 19.5 Å². The van der Waals surface area contributed by atoms with Crippen molar-refractivity contribution in [3.05, 3.63) is 47.8 Å². The van der Waals surface area contributed by atoms with Crippen LogP contribution in [0, 0.1) is 0 Å². The van der Waals surface area contributed by atoms with Crippen LogP contribution in [-0.4, -0.2) is 40.6 Å². The van der Waals surface area contributed by atoms with Crippen LogP contribution in [0.2, 0.25) is 0 Å². The lowest BCUT2D eigenvalue weighted by molar-refractivity contribution is 0.0697. The Kier molecular flexibility index (Phi) is 5.34. The molecule has 0 unspecified atom stereocenters. The van der Waals surface area contributed by atoms with Crippen molar-refractivity contribution in [2.45, 2.75) is 6.42 Å². The number of nitrogens with one attached hydrogen (secondary N) is 1. The highest BCUT2D eigenvalue weighted by Gasteiger charge is 2.02. The fourth-order valence-corrected chi connectivity index (χ4v) is 1.92. The van der Waals surface area contributed by atoms with Gasteiger partial charge < -0.3 is 15.2 Å². The van der Waals surface area contributed by atoms with E-state index in [4.69, 9.17) is 9.84 Å². The summed E-state index contributed by atoms with van der Waals surface area (Å²) in [6.45, 7) is 2.14. The van der Waals surface area contributed by atoms with Crippen molar-refractivity contribution in [1.82, 2.24) is 15.1 Å². The van der Waals surface area contributed by atoms with Crippen molar-refractivity contribution in [2.75, 3.05) is 19.7 Å². The van der Waals surface area contributed by atoms with E-state index < -0.39 is 5.97 Å². The van der Waals surface area contributed by atoms with E-state index in [2.05, 4.69) is 10.4 Å². The Morgan fingerprint density at radius 2 is 2.05 bits per heavy atom. The minimum Gasteiger partial charge on any atom is -0.492 e. The molecule has 0 atom stereocenters. The third kappa shape index (κ3) is 4.61. The zero-order valence-corrected chi connectivity index (χ0v) is 12.0. The van der Waals surface area contributed by atoms with Gasteiger partial charge in [-0.05, 0) is 30.3 Å². The van der Waals surface area contributed by atoms with Crippen molar-refractivity contribution in [3.63, 3.8) is 0 Å². The highest BCUT2D eigenvalue weighted by molar-refractivity contribution is 5.87. The van der Waals surface area contributed by atoms with Gasteiger partial charge in [0.15, 0.2) is 0 Å². The molecule has 0 spiro atoms. The van der Waals surface area contributed by atoms with Gasteiger partial charge in [-0.1, -0.05) is 0 Å². The van der Waals surface area contributed by atoms with E-state index in [1.807, 2.05) is 17.8 Å². The molecule has 2 rings (SSSR count). The first kappa shape index (κ1) is 15.1. The molecule has 0 aliphatic carbocycles. The Balaban J connectivity index is 1.61. The summed E-state index contributed by atoms with van der Waals surface area (Å²) in [4.78, 5) is 10.7. The van der Waals surface area contributed by atoms with Gasteiger partial charge in [-0.2, -0.15) is 5.10 Å². The van der Waals surface area contributed by atoms with Gasteiger partial charge in [-0.15, -0.1) is 0 Å². The number of aromatic nitrogens is 2. The van der Waals surface area contributed by atoms with Crippen LogP contribution in [0.3, 0.4) is 0 Å². The van der Waals surface area contributed by atoms with Crippen molar-refractivity contribution >= 4 is 5.97 Å². The fraction of sp³-hybridized carbons (Fsp3) is 0.333. The molecule has 0 aliphatic heterocycles. The maximum Gasteiger partial charge on any atom is 0.335 e. The molecule has 1 aromatic carbocycles. The number of hydrogen-bond donors (Lipinski definition) is 2. The van der Waals surface area contributed by atoms with Crippen LogP contribution in [0.5, 0.6) is 5.75 Å². The molecule has 0 amide bonds. The number of ether oxygens (including phenoxy) is 1. The number of rotatable bonds is 8. The average Bonchev–Trinajstić information content (AvgIpc) is 2.88. The van der Waals surface area contributed by atoms with E-state index in [1.54, 1.807) is 18.3 Å². The number of carboxylic acid groups (broad SMARTS) is 1. The number of carboxylic acids is 1. The Hall–Kier alpha value is -2.34. The largest absolute Gasteiger partial charge is 0.492 e. The van der Waals surface area contributed by atoms with Crippen LogP contribution in [0.1, 0.15) is 16.1 Å². The lowest BCUT2D eigenvalue weighted by Gasteiger charge is -2.08. The maximum atomic E-state index is 10.7. The summed E-state index contributed by atoms with van der Waals surface area (Å²) in [5.74, 6) is -0.258. The summed E-state index contributed by atoms with van der Waals surface area (Å²) < 4.78 is 7.39. The van der Waals surface area contributed by atoms with Crippen molar-refractivity contribution < 1.29 is 14.6 Å². The molecular formula is C15H19N3O3. The molecule has 6 nitrogen and oxygen atoms in total. The lowest BCUT2D eigenvalue weighted by atomic mass is 10.2. The highest BCUT2D eigenvalue weighted by Crippen LogP contribution is 2.11. The summed E-state index contributed by atoms with van der Waals surface area (Å²) in [6.07, 6.45) is 2.71. The van der Waals surface area contributed by atoms with Crippen LogP contribution in [-0.2, 0) is 13.5 Å². The third-order valence-corrected chi connectivity index (χ3v) is 3.13. The molecule has 0 bridgehead atoms. The first-order valence-corrected chi connectivity index (χ1v) is 6.80. The average molecular weight is 289 g/mol. The predicted octanol–water partition coefficient (Wildman–Crippen LogP) is 1.33. The maximum absolute atomic E-state index is 10.7. The number of aromatic carboxylic acids is 1. The number of nitrogens with zero attached hydrogens (tertiary/aromatic N) is 2. The molecule has 0 saturated carbocycles. The van der Waals surface area contributed by atoms with Gasteiger partial charge >= 0.3 is 5.97 Å². The van der Waals surface area contributed by atoms with Crippen molar-refractivity contribution in [2.24, 2.45) is 7.05 Å². The fourth-order valence-electron chi connectivity index (χ4n) is 1.92. The molecule has 1 heterocycles. The zero-order valence-electron chi connectivity index (χ0n) is 12.0. The highest BCUT2D eigenvalue weighted by atomic mass is 16.5. The third-order valence-electron chi connectivity index (χ3n) is 3.13. The molecule has 1 aromatic heterocycles. The second-order valence-electron chi connectivity index (χ2n) is 4.62. The van der Waals surface area contributed by atoms with E-state index in [0.29, 0.717) is 12.4 Å². The van der Waals surface area contributed by atoms with Crippen LogP contribution >= 0.6 is 0 Å². The monoisotopic (exact) mass is 289 g/mol. The minimum atomic E-state index is -0.932. The summed E-state index contributed by atoms with van der Waals surface area (Å²) in [6, 6.07) is 8.40. The van der Waals surface area contributed by atoms with Crippen LogP contribution in [0.25, 0.3) is 0 Å². The number of carbonyl (C=O) groups is 1. The minimum absolute atomic E-state index is 0.261. The van der Waals surface area contributed by atoms with E-state index in [-0.39, 0.29) is 5.56 Å². The van der Waals surface area contributed by atoms with Crippen LogP contribution in [0.4, 0.5) is 0 Å². The van der Waals surface area contributed by atoms with Gasteiger partial charge in [-0.25, -0.2) is 4.79 Å². The van der Waals surface area contributed by atoms with Crippen LogP contribution < -0.4 is 10.1 Å². The van der Waals surface area contributed by atoms with Gasteiger partial charge in [0.25, 0.3) is 0 Å². The molecule has 0 saturated heterocycles. The van der Waals surface area contributed by atoms with Gasteiger partial charge in [-0.3, -0.25) is 4.68 Å². The van der Waals surface area contributed by atoms with Crippen molar-refractivity contribution in [3.8, 4) is 5.75 Å². The first-order chi connectivity index (χ1) is 10.2. The first-order valence-electron chi connectivity index (χ1n) is 6.80. The number of benzene rings is 1. The van der Waals surface area contributed by atoms with E-state index >= 15 is 0 Å². The Morgan fingerprint density at radius 1 is 1.29 bits per heavy atom. The number of hydrogen-bond acceptors (Lipinski definition) is 4. The zero-order chi connectivity index (χ0) is 15.1. The molecule has 0 aliphatic rings. The van der Waals surface area contributed by atoms with E-state index in [1.165, 1.54) is 17.8 Å². The lowest BCUT2D eigenvalue weighted by Crippen LogP contribution is -2.24. The SMILES string of the molecule is Cn1nccc1CCNCCOc1ccc(C(=O)O)cc1. The van der Waals surface area contributed by atoms with Crippen molar-refractivity contribution in [1.29, 1.82) is 0 Å². The smallest absolute Gasteiger partial charge is 0.335 e. The second-order valence-corrected chi connectivity index (χ2v) is 4.62. The normalized spacial score (nSPS) is 10.5. The topological polar surface area (TPSA) is 76.4 Å². The molecule has 21 heavy (non-hydrogen) atoms. The standard InChI is InChI=1S/C15H19N3O3/c1-18-13(7-9-17-18)6-8-16-10-11-21-14-4-2-12(3-5-14)15(19)20/h2-5,7,9,16H,6,8,10-11H2,1H3,(H,19,20). The van der Waals surface area contributed by atoms with Crippen LogP contribution in [0.15, 0.2) is 36.5 Å². The summed E-state index contributed by atoms with van der Waals surface area (Å²) in [7, 11) is 1.93. The van der Waals surface area contributed by atoms with Gasteiger partial charge in [0.2, 0.25) is 0 Å². The Bertz CT molecular complexity index is 578. The molecule has 2 aromatic rings. The van der Waals surface area contributed by atoms with E-state index in [9.17, 15) is 4.79 Å². The van der Waals surface area contributed by atoms with Gasteiger partial charge in [0.1, 0.15) is 12.4 Å². The predicted molar refractivity (Wildman–Crippen MR) is 78.7 cm³/mol. The second kappa shape index (κ2) is 7.44. The Labute approximate surface area is 123 Å². The molecular weight excluding hydrogens is 270 g/mol. The summed E-state index contributed by atoms with van der Waals surface area (Å²) in [5.41, 5.74) is 1.45. The summed E-state index contributed by atoms with van der Waals surface area (Å²) in [5, 5.41) is 16.2. The Morgan fingerprint density at radius 3 is 2.67 bits per heavy atom. The van der Waals surface area contributed by atoms with Gasteiger partial charge in [0.05, 0.1) is 5.56 Å². The number of aryl methyl sites for hydroxylation is 1. The van der Waals surface area contributed by atoms with Gasteiger partial charge in [0, 0.05) is 38.4 Å². The molecule has 2 N–H and O–H groups in total. The molecule has 0 fully saturated rings. The molecule has 112 valence electrons. The molecule has 0 radical (unpaired) electrons. The molecule has 6 heteroatoms.